The highest BCUT2D eigenvalue weighted by Gasteiger charge is 2.42. The molecular formula is C16H29NO2. The van der Waals surface area contributed by atoms with Crippen LogP contribution in [0.2, 0.25) is 0 Å². The van der Waals surface area contributed by atoms with Gasteiger partial charge in [-0.15, -0.1) is 0 Å². The molecule has 3 aliphatic rings. The van der Waals surface area contributed by atoms with E-state index >= 15 is 0 Å². The van der Waals surface area contributed by atoms with Crippen molar-refractivity contribution in [2.75, 3.05) is 13.1 Å². The highest BCUT2D eigenvalue weighted by molar-refractivity contribution is 4.95. The van der Waals surface area contributed by atoms with Gasteiger partial charge in [-0.1, -0.05) is 20.8 Å². The smallest absolute Gasteiger partial charge is 0.0707 e. The second kappa shape index (κ2) is 5.01. The first-order chi connectivity index (χ1) is 8.93. The maximum absolute atomic E-state index is 10.4. The summed E-state index contributed by atoms with van der Waals surface area (Å²) < 4.78 is 5.92. The molecule has 3 rings (SSSR count). The van der Waals surface area contributed by atoms with Crippen LogP contribution in [-0.4, -0.2) is 47.4 Å². The number of nitrogens with zero attached hydrogens (tertiary/aromatic N) is 1. The van der Waals surface area contributed by atoms with Crippen LogP contribution in [0.3, 0.4) is 0 Å². The molecule has 19 heavy (non-hydrogen) atoms. The third kappa shape index (κ3) is 2.84. The minimum Gasteiger partial charge on any atom is -0.391 e. The van der Waals surface area contributed by atoms with Crippen LogP contribution in [0.1, 0.15) is 52.9 Å². The lowest BCUT2D eigenvalue weighted by Gasteiger charge is -2.46. The summed E-state index contributed by atoms with van der Waals surface area (Å²) in [4.78, 5) is 2.54. The van der Waals surface area contributed by atoms with Crippen molar-refractivity contribution in [3.8, 4) is 0 Å². The molecule has 2 aliphatic heterocycles. The van der Waals surface area contributed by atoms with Gasteiger partial charge in [-0.05, 0) is 43.4 Å². The Hall–Kier alpha value is -0.120. The standard InChI is InChI=1S/C16H29NO2/c1-16(2,3)11-4-7-15(18)14(8-11)17-9-12-5-6-13(10-17)19-12/h11-15,18H,4-10H2,1-3H3. The van der Waals surface area contributed by atoms with E-state index in [4.69, 9.17) is 4.74 Å². The van der Waals surface area contributed by atoms with Crippen molar-refractivity contribution in [3.05, 3.63) is 0 Å². The van der Waals surface area contributed by atoms with E-state index in [-0.39, 0.29) is 6.10 Å². The summed E-state index contributed by atoms with van der Waals surface area (Å²) >= 11 is 0. The molecule has 3 fully saturated rings. The largest absolute Gasteiger partial charge is 0.391 e. The molecule has 2 heterocycles. The first-order valence-electron chi connectivity index (χ1n) is 8.01. The van der Waals surface area contributed by atoms with Crippen molar-refractivity contribution >= 4 is 0 Å². The number of likely N-dealkylation sites (tertiary alicyclic amines) is 1. The number of hydrogen-bond acceptors (Lipinski definition) is 3. The number of morpholine rings is 1. The molecule has 3 heteroatoms. The van der Waals surface area contributed by atoms with Crippen LogP contribution >= 0.6 is 0 Å². The molecule has 5 unspecified atom stereocenters. The van der Waals surface area contributed by atoms with Crippen molar-refractivity contribution in [2.24, 2.45) is 11.3 Å². The van der Waals surface area contributed by atoms with Crippen molar-refractivity contribution in [1.29, 1.82) is 0 Å². The number of rotatable bonds is 1. The summed E-state index contributed by atoms with van der Waals surface area (Å²) in [6.07, 6.45) is 6.47. The van der Waals surface area contributed by atoms with Crippen LogP contribution in [0, 0.1) is 11.3 Å². The molecule has 2 saturated heterocycles. The van der Waals surface area contributed by atoms with Gasteiger partial charge in [0.2, 0.25) is 0 Å². The zero-order valence-corrected chi connectivity index (χ0v) is 12.6. The summed E-state index contributed by atoms with van der Waals surface area (Å²) in [6, 6.07) is 0.366. The van der Waals surface area contributed by atoms with Gasteiger partial charge in [-0.25, -0.2) is 0 Å². The first kappa shape index (κ1) is 13.8. The molecule has 0 aromatic rings. The molecule has 2 bridgehead atoms. The van der Waals surface area contributed by atoms with E-state index < -0.39 is 0 Å². The third-order valence-corrected chi connectivity index (χ3v) is 5.55. The van der Waals surface area contributed by atoms with Gasteiger partial charge in [0.1, 0.15) is 0 Å². The lowest BCUT2D eigenvalue weighted by Crippen LogP contribution is -2.55. The maximum atomic E-state index is 10.4. The molecule has 0 aromatic carbocycles. The summed E-state index contributed by atoms with van der Waals surface area (Å²) in [7, 11) is 0. The van der Waals surface area contributed by atoms with E-state index in [1.54, 1.807) is 0 Å². The molecule has 5 atom stereocenters. The molecule has 3 nitrogen and oxygen atoms in total. The van der Waals surface area contributed by atoms with Crippen molar-refractivity contribution < 1.29 is 9.84 Å². The van der Waals surface area contributed by atoms with Crippen molar-refractivity contribution in [1.82, 2.24) is 4.90 Å². The van der Waals surface area contributed by atoms with Gasteiger partial charge in [0, 0.05) is 19.1 Å². The van der Waals surface area contributed by atoms with Gasteiger partial charge >= 0.3 is 0 Å². The second-order valence-electron chi connectivity index (χ2n) is 7.92. The average molecular weight is 267 g/mol. The van der Waals surface area contributed by atoms with Crippen LogP contribution in [0.15, 0.2) is 0 Å². The van der Waals surface area contributed by atoms with E-state index in [1.807, 2.05) is 0 Å². The molecule has 0 spiro atoms. The Labute approximate surface area is 117 Å². The SMILES string of the molecule is CC(C)(C)C1CCC(O)C(N2CC3CCC(C2)O3)C1. The highest BCUT2D eigenvalue weighted by Crippen LogP contribution is 2.40. The van der Waals surface area contributed by atoms with E-state index in [1.165, 1.54) is 19.3 Å². The summed E-state index contributed by atoms with van der Waals surface area (Å²) in [6.45, 7) is 9.10. The van der Waals surface area contributed by atoms with Crippen molar-refractivity contribution in [3.63, 3.8) is 0 Å². The quantitative estimate of drug-likeness (QED) is 0.792. The van der Waals surface area contributed by atoms with E-state index in [9.17, 15) is 5.11 Å². The first-order valence-corrected chi connectivity index (χ1v) is 8.01. The summed E-state index contributed by atoms with van der Waals surface area (Å²) in [5.41, 5.74) is 0.365. The third-order valence-electron chi connectivity index (χ3n) is 5.55. The number of aliphatic hydroxyl groups excluding tert-OH is 1. The molecule has 110 valence electrons. The molecule has 1 aliphatic carbocycles. The second-order valence-corrected chi connectivity index (χ2v) is 7.92. The molecule has 1 N–H and O–H groups in total. The molecule has 0 aromatic heterocycles. The fraction of sp³-hybridized carbons (Fsp3) is 1.00. The lowest BCUT2D eigenvalue weighted by atomic mass is 9.70. The molecule has 0 amide bonds. The topological polar surface area (TPSA) is 32.7 Å². The van der Waals surface area contributed by atoms with Gasteiger partial charge in [-0.3, -0.25) is 4.90 Å². The minimum absolute atomic E-state index is 0.129. The Bertz CT molecular complexity index is 313. The Kier molecular flexibility index (Phi) is 3.65. The van der Waals surface area contributed by atoms with Crippen LogP contribution < -0.4 is 0 Å². The van der Waals surface area contributed by atoms with Crippen molar-refractivity contribution in [2.45, 2.75) is 77.2 Å². The maximum Gasteiger partial charge on any atom is 0.0707 e. The van der Waals surface area contributed by atoms with Gasteiger partial charge in [0.25, 0.3) is 0 Å². The minimum atomic E-state index is -0.129. The lowest BCUT2D eigenvalue weighted by molar-refractivity contribution is -0.0915. The monoisotopic (exact) mass is 267 g/mol. The normalized spacial score (nSPS) is 44.5. The van der Waals surface area contributed by atoms with Crippen LogP contribution in [0.5, 0.6) is 0 Å². The van der Waals surface area contributed by atoms with E-state index in [0.717, 1.165) is 31.8 Å². The Balaban J connectivity index is 1.68. The predicted molar refractivity (Wildman–Crippen MR) is 76.1 cm³/mol. The number of ether oxygens (including phenoxy) is 1. The van der Waals surface area contributed by atoms with Crippen LogP contribution in [-0.2, 0) is 4.74 Å². The fourth-order valence-electron chi connectivity index (χ4n) is 4.23. The molecule has 1 saturated carbocycles. The summed E-state index contributed by atoms with van der Waals surface area (Å²) in [5.74, 6) is 0.737. The zero-order chi connectivity index (χ0) is 13.6. The average Bonchev–Trinajstić information content (AvgIpc) is 2.67. The van der Waals surface area contributed by atoms with Gasteiger partial charge < -0.3 is 9.84 Å². The van der Waals surface area contributed by atoms with Gasteiger partial charge in [0.05, 0.1) is 18.3 Å². The highest BCUT2D eigenvalue weighted by atomic mass is 16.5. The summed E-state index contributed by atoms with van der Waals surface area (Å²) in [5, 5.41) is 10.4. The van der Waals surface area contributed by atoms with Gasteiger partial charge in [0.15, 0.2) is 0 Å². The van der Waals surface area contributed by atoms with E-state index in [2.05, 4.69) is 25.7 Å². The Morgan fingerprint density at radius 3 is 2.21 bits per heavy atom. The molecular weight excluding hydrogens is 238 g/mol. The van der Waals surface area contributed by atoms with Crippen LogP contribution in [0.4, 0.5) is 0 Å². The van der Waals surface area contributed by atoms with Crippen LogP contribution in [0.25, 0.3) is 0 Å². The van der Waals surface area contributed by atoms with E-state index in [0.29, 0.717) is 23.7 Å². The predicted octanol–water partition coefficient (Wildman–Crippen LogP) is 2.43. The number of aliphatic hydroxyl groups is 1. The Morgan fingerprint density at radius 2 is 1.63 bits per heavy atom. The molecule has 0 radical (unpaired) electrons. The van der Waals surface area contributed by atoms with Gasteiger partial charge in [-0.2, -0.15) is 0 Å². The zero-order valence-electron chi connectivity index (χ0n) is 12.6. The number of hydrogen-bond donors (Lipinski definition) is 1. The Morgan fingerprint density at radius 1 is 1.00 bits per heavy atom. The fourth-order valence-corrected chi connectivity index (χ4v) is 4.23. The number of fused-ring (bicyclic) bond motifs is 2.